The summed E-state index contributed by atoms with van der Waals surface area (Å²) in [5.74, 6) is -0.245. The highest BCUT2D eigenvalue weighted by Gasteiger charge is 2.16. The Bertz CT molecular complexity index is 1140. The van der Waals surface area contributed by atoms with E-state index in [4.69, 9.17) is 11.6 Å². The Morgan fingerprint density at radius 3 is 2.48 bits per heavy atom. The average molecular weight is 430 g/mol. The summed E-state index contributed by atoms with van der Waals surface area (Å²) >= 11 is 6.41. The Balaban J connectivity index is 0.00000240. The molecule has 0 radical (unpaired) electrons. The summed E-state index contributed by atoms with van der Waals surface area (Å²) < 4.78 is 15.4. The lowest BCUT2D eigenvalue weighted by Crippen LogP contribution is -2.08. The summed E-state index contributed by atoms with van der Waals surface area (Å²) in [6, 6.07) is 16.3. The zero-order valence-corrected chi connectivity index (χ0v) is 17.8. The molecule has 1 N–H and O–H groups in total. The maximum absolute atomic E-state index is 13.1. The molecule has 0 spiro atoms. The maximum atomic E-state index is 13.1. The van der Waals surface area contributed by atoms with Crippen LogP contribution >= 0.6 is 24.0 Å². The first kappa shape index (κ1) is 21.2. The number of halogens is 3. The van der Waals surface area contributed by atoms with Crippen LogP contribution in [0, 0.1) is 19.7 Å². The lowest BCUT2D eigenvalue weighted by molar-refractivity contribution is 0.628. The highest BCUT2D eigenvalue weighted by molar-refractivity contribution is 6.31. The van der Waals surface area contributed by atoms with Crippen molar-refractivity contribution in [3.05, 3.63) is 94.1 Å². The van der Waals surface area contributed by atoms with E-state index in [1.807, 2.05) is 24.4 Å². The number of rotatable bonds is 5. The first-order valence-electron chi connectivity index (χ1n) is 9.20. The van der Waals surface area contributed by atoms with Crippen LogP contribution in [-0.2, 0) is 13.1 Å². The van der Waals surface area contributed by atoms with Crippen molar-refractivity contribution in [3.8, 4) is 0 Å². The average Bonchev–Trinajstić information content (AvgIpc) is 2.95. The number of hydrogen-bond acceptors (Lipinski definition) is 2. The number of pyridine rings is 1. The Labute approximate surface area is 180 Å². The van der Waals surface area contributed by atoms with Crippen molar-refractivity contribution in [2.75, 3.05) is 5.32 Å². The Morgan fingerprint density at radius 2 is 1.76 bits per heavy atom. The SMILES string of the molecule is Cc1c(C)n(Cc2ccccc2Cl)c2c(CNc3ccc(F)cc3)nccc12.Cl. The monoisotopic (exact) mass is 429 g/mol. The van der Waals surface area contributed by atoms with Crippen molar-refractivity contribution in [1.29, 1.82) is 0 Å². The predicted molar refractivity (Wildman–Crippen MR) is 121 cm³/mol. The van der Waals surface area contributed by atoms with Gasteiger partial charge in [-0.25, -0.2) is 4.39 Å². The molecular formula is C23H22Cl2FN3. The van der Waals surface area contributed by atoms with Crippen LogP contribution in [0.15, 0.2) is 60.8 Å². The van der Waals surface area contributed by atoms with Gasteiger partial charge in [0.25, 0.3) is 0 Å². The molecule has 0 amide bonds. The van der Waals surface area contributed by atoms with Crippen LogP contribution in [0.25, 0.3) is 10.9 Å². The van der Waals surface area contributed by atoms with Crippen molar-refractivity contribution in [2.24, 2.45) is 0 Å². The second-order valence-electron chi connectivity index (χ2n) is 6.90. The van der Waals surface area contributed by atoms with Gasteiger partial charge in [-0.2, -0.15) is 0 Å². The van der Waals surface area contributed by atoms with Crippen LogP contribution in [0.3, 0.4) is 0 Å². The fraction of sp³-hybridized carbons (Fsp3) is 0.174. The summed E-state index contributed by atoms with van der Waals surface area (Å²) in [6.45, 7) is 5.50. The molecule has 0 aliphatic rings. The van der Waals surface area contributed by atoms with Crippen molar-refractivity contribution in [3.63, 3.8) is 0 Å². The van der Waals surface area contributed by atoms with Crippen LogP contribution in [0.1, 0.15) is 22.5 Å². The van der Waals surface area contributed by atoms with Crippen LogP contribution < -0.4 is 5.32 Å². The predicted octanol–water partition coefficient (Wildman–Crippen LogP) is 6.53. The van der Waals surface area contributed by atoms with Gasteiger partial charge in [0, 0.05) is 34.5 Å². The summed E-state index contributed by atoms with van der Waals surface area (Å²) in [5, 5.41) is 5.29. The van der Waals surface area contributed by atoms with E-state index < -0.39 is 0 Å². The third-order valence-corrected chi connectivity index (χ3v) is 5.58. The molecule has 4 rings (SSSR count). The molecule has 0 atom stereocenters. The Hall–Kier alpha value is -2.56. The van der Waals surface area contributed by atoms with Crippen LogP contribution in [0.5, 0.6) is 0 Å². The minimum Gasteiger partial charge on any atom is -0.379 e. The fourth-order valence-corrected chi connectivity index (χ4v) is 3.74. The maximum Gasteiger partial charge on any atom is 0.123 e. The second kappa shape index (κ2) is 8.85. The summed E-state index contributed by atoms with van der Waals surface area (Å²) in [4.78, 5) is 4.63. The van der Waals surface area contributed by atoms with E-state index in [2.05, 4.69) is 40.8 Å². The molecule has 0 saturated heterocycles. The molecule has 3 nitrogen and oxygen atoms in total. The summed E-state index contributed by atoms with van der Waals surface area (Å²) in [7, 11) is 0. The lowest BCUT2D eigenvalue weighted by Gasteiger charge is -2.13. The van der Waals surface area contributed by atoms with E-state index in [0.29, 0.717) is 13.1 Å². The fourth-order valence-electron chi connectivity index (χ4n) is 3.54. The van der Waals surface area contributed by atoms with Crippen LogP contribution in [0.4, 0.5) is 10.1 Å². The van der Waals surface area contributed by atoms with Crippen molar-refractivity contribution < 1.29 is 4.39 Å². The third kappa shape index (κ3) is 4.24. The smallest absolute Gasteiger partial charge is 0.123 e. The molecule has 0 unspecified atom stereocenters. The number of benzene rings is 2. The zero-order valence-electron chi connectivity index (χ0n) is 16.2. The quantitative estimate of drug-likeness (QED) is 0.390. The third-order valence-electron chi connectivity index (χ3n) is 5.21. The van der Waals surface area contributed by atoms with Crippen molar-refractivity contribution in [1.82, 2.24) is 9.55 Å². The first-order valence-corrected chi connectivity index (χ1v) is 9.58. The normalized spacial score (nSPS) is 10.8. The van der Waals surface area contributed by atoms with E-state index in [1.165, 1.54) is 28.8 Å². The minimum absolute atomic E-state index is 0. The van der Waals surface area contributed by atoms with Gasteiger partial charge in [-0.05, 0) is 61.4 Å². The lowest BCUT2D eigenvalue weighted by atomic mass is 10.1. The second-order valence-corrected chi connectivity index (χ2v) is 7.31. The molecule has 150 valence electrons. The van der Waals surface area contributed by atoms with E-state index in [0.717, 1.165) is 27.5 Å². The van der Waals surface area contributed by atoms with Crippen molar-refractivity contribution in [2.45, 2.75) is 26.9 Å². The molecule has 0 bridgehead atoms. The molecule has 0 fully saturated rings. The topological polar surface area (TPSA) is 29.9 Å². The summed E-state index contributed by atoms with van der Waals surface area (Å²) in [5.41, 5.74) is 6.43. The van der Waals surface area contributed by atoms with Gasteiger partial charge in [0.1, 0.15) is 5.82 Å². The van der Waals surface area contributed by atoms with E-state index >= 15 is 0 Å². The molecule has 29 heavy (non-hydrogen) atoms. The number of aryl methyl sites for hydroxylation is 1. The number of hydrogen-bond donors (Lipinski definition) is 1. The number of anilines is 1. The van der Waals surface area contributed by atoms with Gasteiger partial charge in [-0.3, -0.25) is 4.98 Å². The van der Waals surface area contributed by atoms with E-state index in [1.54, 1.807) is 12.1 Å². The highest BCUT2D eigenvalue weighted by atomic mass is 35.5. The number of nitrogens with zero attached hydrogens (tertiary/aromatic N) is 2. The Morgan fingerprint density at radius 1 is 1.03 bits per heavy atom. The van der Waals surface area contributed by atoms with Gasteiger partial charge in [-0.1, -0.05) is 29.8 Å². The first-order chi connectivity index (χ1) is 13.5. The van der Waals surface area contributed by atoms with Gasteiger partial charge in [-0.15, -0.1) is 12.4 Å². The molecule has 6 heteroatoms. The molecule has 2 aromatic carbocycles. The number of nitrogens with one attached hydrogen (secondary N) is 1. The van der Waals surface area contributed by atoms with Gasteiger partial charge in [0.2, 0.25) is 0 Å². The van der Waals surface area contributed by atoms with Gasteiger partial charge in [0.05, 0.1) is 17.8 Å². The van der Waals surface area contributed by atoms with E-state index in [9.17, 15) is 4.39 Å². The highest BCUT2D eigenvalue weighted by Crippen LogP contribution is 2.29. The van der Waals surface area contributed by atoms with Gasteiger partial charge in [0.15, 0.2) is 0 Å². The Kier molecular flexibility index (Phi) is 6.46. The molecular weight excluding hydrogens is 408 g/mol. The molecule has 0 aliphatic heterocycles. The minimum atomic E-state index is -0.245. The zero-order chi connectivity index (χ0) is 19.7. The van der Waals surface area contributed by atoms with Crippen LogP contribution in [-0.4, -0.2) is 9.55 Å². The van der Waals surface area contributed by atoms with E-state index in [-0.39, 0.29) is 18.2 Å². The summed E-state index contributed by atoms with van der Waals surface area (Å²) in [6.07, 6.45) is 1.84. The number of fused-ring (bicyclic) bond motifs is 1. The van der Waals surface area contributed by atoms with Crippen LogP contribution in [0.2, 0.25) is 5.02 Å². The van der Waals surface area contributed by atoms with Crippen molar-refractivity contribution >= 4 is 40.6 Å². The van der Waals surface area contributed by atoms with Gasteiger partial charge >= 0.3 is 0 Å². The largest absolute Gasteiger partial charge is 0.379 e. The van der Waals surface area contributed by atoms with Gasteiger partial charge < -0.3 is 9.88 Å². The standard InChI is InChI=1S/C23H21ClFN3.ClH/c1-15-16(2)28(14-17-5-3-4-6-21(17)24)23-20(15)11-12-26-22(23)13-27-19-9-7-18(25)8-10-19;/h3-12,27H,13-14H2,1-2H3;1H. The molecule has 2 aromatic heterocycles. The molecule has 0 saturated carbocycles. The number of aromatic nitrogens is 2. The molecule has 0 aliphatic carbocycles. The molecule has 4 aromatic rings. The molecule has 2 heterocycles.